The molecule has 1 aliphatic heterocycles. The first kappa shape index (κ1) is 15.4. The van der Waals surface area contributed by atoms with Crippen molar-refractivity contribution in [2.45, 2.75) is 13.0 Å². The van der Waals surface area contributed by atoms with E-state index in [0.29, 0.717) is 30.0 Å². The van der Waals surface area contributed by atoms with E-state index in [4.69, 9.17) is 10.00 Å². The quantitative estimate of drug-likeness (QED) is 0.795. The van der Waals surface area contributed by atoms with Crippen LogP contribution in [-0.2, 0) is 9.53 Å². The van der Waals surface area contributed by atoms with E-state index in [2.05, 4.69) is 0 Å². The first-order valence-electron chi connectivity index (χ1n) is 6.73. The predicted molar refractivity (Wildman–Crippen MR) is 79.9 cm³/mol. The highest BCUT2D eigenvalue weighted by molar-refractivity contribution is 7.99. The van der Waals surface area contributed by atoms with Gasteiger partial charge in [0.1, 0.15) is 6.04 Å². The third-order valence-corrected chi connectivity index (χ3v) is 4.23. The number of esters is 1. The van der Waals surface area contributed by atoms with Crippen LogP contribution in [-0.4, -0.2) is 47.5 Å². The molecule has 0 aromatic heterocycles. The Morgan fingerprint density at radius 3 is 2.76 bits per heavy atom. The summed E-state index contributed by atoms with van der Waals surface area (Å²) in [6, 6.07) is 7.92. The van der Waals surface area contributed by atoms with E-state index in [-0.39, 0.29) is 11.9 Å². The maximum absolute atomic E-state index is 12.5. The van der Waals surface area contributed by atoms with Gasteiger partial charge in [-0.1, -0.05) is 0 Å². The van der Waals surface area contributed by atoms with Crippen LogP contribution in [0.1, 0.15) is 22.8 Å². The first-order valence-corrected chi connectivity index (χ1v) is 7.88. The zero-order valence-electron chi connectivity index (χ0n) is 11.7. The summed E-state index contributed by atoms with van der Waals surface area (Å²) < 4.78 is 5.04. The SMILES string of the molecule is CCOC(=O)C1CSCCN1C(=O)c1ccc(C#N)cc1. The third kappa shape index (κ3) is 3.56. The molecular weight excluding hydrogens is 288 g/mol. The van der Waals surface area contributed by atoms with E-state index < -0.39 is 6.04 Å². The van der Waals surface area contributed by atoms with E-state index >= 15 is 0 Å². The Labute approximate surface area is 127 Å². The summed E-state index contributed by atoms with van der Waals surface area (Å²) >= 11 is 1.64. The zero-order chi connectivity index (χ0) is 15.2. The summed E-state index contributed by atoms with van der Waals surface area (Å²) in [5, 5.41) is 8.78. The van der Waals surface area contributed by atoms with Crippen LogP contribution >= 0.6 is 11.8 Å². The van der Waals surface area contributed by atoms with E-state index in [9.17, 15) is 9.59 Å². The number of hydrogen-bond donors (Lipinski definition) is 0. The summed E-state index contributed by atoms with van der Waals surface area (Å²) in [7, 11) is 0. The lowest BCUT2D eigenvalue weighted by Gasteiger charge is -2.33. The molecule has 0 aliphatic carbocycles. The van der Waals surface area contributed by atoms with Crippen molar-refractivity contribution in [2.24, 2.45) is 0 Å². The highest BCUT2D eigenvalue weighted by atomic mass is 32.2. The minimum atomic E-state index is -0.535. The van der Waals surface area contributed by atoms with Crippen LogP contribution in [0, 0.1) is 11.3 Å². The van der Waals surface area contributed by atoms with Gasteiger partial charge < -0.3 is 9.64 Å². The van der Waals surface area contributed by atoms with Crippen LogP contribution in [0.2, 0.25) is 0 Å². The standard InChI is InChI=1S/C15H16N2O3S/c1-2-20-15(19)13-10-21-8-7-17(13)14(18)12-5-3-11(9-16)4-6-12/h3-6,13H,2,7-8,10H2,1H3. The average Bonchev–Trinajstić information content (AvgIpc) is 2.54. The van der Waals surface area contributed by atoms with E-state index in [1.807, 2.05) is 6.07 Å². The number of hydrogen-bond acceptors (Lipinski definition) is 5. The normalized spacial score (nSPS) is 17.9. The van der Waals surface area contributed by atoms with Crippen LogP contribution in [0.25, 0.3) is 0 Å². The summed E-state index contributed by atoms with van der Waals surface area (Å²) in [6.45, 7) is 2.58. The van der Waals surface area contributed by atoms with Gasteiger partial charge in [-0.2, -0.15) is 17.0 Å². The molecule has 0 radical (unpaired) electrons. The fourth-order valence-electron chi connectivity index (χ4n) is 2.13. The highest BCUT2D eigenvalue weighted by Crippen LogP contribution is 2.20. The third-order valence-electron chi connectivity index (χ3n) is 3.21. The molecule has 1 aromatic carbocycles. The predicted octanol–water partition coefficient (Wildman–Crippen LogP) is 1.68. The number of amides is 1. The number of ether oxygens (including phenoxy) is 1. The van der Waals surface area contributed by atoms with Gasteiger partial charge in [-0.25, -0.2) is 4.79 Å². The van der Waals surface area contributed by atoms with E-state index in [1.165, 1.54) is 0 Å². The maximum atomic E-state index is 12.5. The lowest BCUT2D eigenvalue weighted by Crippen LogP contribution is -2.51. The van der Waals surface area contributed by atoms with Crippen molar-refractivity contribution in [3.8, 4) is 6.07 Å². The van der Waals surface area contributed by atoms with Crippen molar-refractivity contribution >= 4 is 23.6 Å². The van der Waals surface area contributed by atoms with Crippen molar-refractivity contribution in [2.75, 3.05) is 24.7 Å². The second kappa shape index (κ2) is 7.14. The Bertz CT molecular complexity index is 565. The van der Waals surface area contributed by atoms with Gasteiger partial charge >= 0.3 is 5.97 Å². The van der Waals surface area contributed by atoms with E-state index in [1.54, 1.807) is 47.9 Å². The number of carbonyl (C=O) groups is 2. The van der Waals surface area contributed by atoms with Gasteiger partial charge in [0.2, 0.25) is 0 Å². The molecule has 1 aliphatic rings. The molecule has 110 valence electrons. The molecule has 0 saturated carbocycles. The fourth-order valence-corrected chi connectivity index (χ4v) is 3.17. The van der Waals surface area contributed by atoms with Gasteiger partial charge in [-0.05, 0) is 31.2 Å². The van der Waals surface area contributed by atoms with Gasteiger partial charge in [-0.15, -0.1) is 0 Å². The van der Waals surface area contributed by atoms with Crippen LogP contribution in [0.5, 0.6) is 0 Å². The van der Waals surface area contributed by atoms with Crippen molar-refractivity contribution in [1.29, 1.82) is 5.26 Å². The monoisotopic (exact) mass is 304 g/mol. The Morgan fingerprint density at radius 2 is 2.14 bits per heavy atom. The molecule has 1 unspecified atom stereocenters. The molecule has 1 heterocycles. The van der Waals surface area contributed by atoms with Crippen molar-refractivity contribution < 1.29 is 14.3 Å². The molecular formula is C15H16N2O3S. The molecule has 0 bridgehead atoms. The maximum Gasteiger partial charge on any atom is 0.329 e. The van der Waals surface area contributed by atoms with Crippen molar-refractivity contribution in [3.63, 3.8) is 0 Å². The summed E-state index contributed by atoms with van der Waals surface area (Å²) in [4.78, 5) is 26.1. The number of rotatable bonds is 3. The smallest absolute Gasteiger partial charge is 0.329 e. The van der Waals surface area contributed by atoms with E-state index in [0.717, 1.165) is 5.75 Å². The van der Waals surface area contributed by atoms with Crippen LogP contribution in [0.15, 0.2) is 24.3 Å². The Hall–Kier alpha value is -2.00. The molecule has 1 aromatic rings. The molecule has 5 nitrogen and oxygen atoms in total. The molecule has 21 heavy (non-hydrogen) atoms. The second-order valence-electron chi connectivity index (χ2n) is 4.53. The van der Waals surface area contributed by atoms with Crippen LogP contribution in [0.3, 0.4) is 0 Å². The molecule has 0 spiro atoms. The molecule has 0 N–H and O–H groups in total. The zero-order valence-corrected chi connectivity index (χ0v) is 12.6. The molecule has 1 amide bonds. The number of benzene rings is 1. The topological polar surface area (TPSA) is 70.4 Å². The fraction of sp³-hybridized carbons (Fsp3) is 0.400. The van der Waals surface area contributed by atoms with Gasteiger partial charge in [0, 0.05) is 23.6 Å². The van der Waals surface area contributed by atoms with Crippen molar-refractivity contribution in [1.82, 2.24) is 4.90 Å². The number of nitriles is 1. The molecule has 1 fully saturated rings. The van der Waals surface area contributed by atoms with Crippen LogP contribution < -0.4 is 0 Å². The number of nitrogens with zero attached hydrogens (tertiary/aromatic N) is 2. The summed E-state index contributed by atoms with van der Waals surface area (Å²) in [5.74, 6) is 0.809. The lowest BCUT2D eigenvalue weighted by atomic mass is 10.1. The summed E-state index contributed by atoms with van der Waals surface area (Å²) in [6.07, 6.45) is 0. The largest absolute Gasteiger partial charge is 0.464 e. The van der Waals surface area contributed by atoms with Gasteiger partial charge in [-0.3, -0.25) is 4.79 Å². The Balaban J connectivity index is 2.18. The summed E-state index contributed by atoms with van der Waals surface area (Å²) in [5.41, 5.74) is 0.984. The number of carbonyl (C=O) groups excluding carboxylic acids is 2. The van der Waals surface area contributed by atoms with Gasteiger partial charge in [0.15, 0.2) is 0 Å². The number of thioether (sulfide) groups is 1. The molecule has 2 rings (SSSR count). The van der Waals surface area contributed by atoms with Crippen LogP contribution in [0.4, 0.5) is 0 Å². The second-order valence-corrected chi connectivity index (χ2v) is 5.68. The van der Waals surface area contributed by atoms with Gasteiger partial charge in [0.25, 0.3) is 5.91 Å². The van der Waals surface area contributed by atoms with Gasteiger partial charge in [0.05, 0.1) is 18.2 Å². The minimum absolute atomic E-state index is 0.196. The minimum Gasteiger partial charge on any atom is -0.464 e. The highest BCUT2D eigenvalue weighted by Gasteiger charge is 2.33. The molecule has 1 atom stereocenters. The Kier molecular flexibility index (Phi) is 5.23. The lowest BCUT2D eigenvalue weighted by molar-refractivity contribution is -0.147. The molecule has 1 saturated heterocycles. The molecule has 6 heteroatoms. The first-order chi connectivity index (χ1) is 10.2. The Morgan fingerprint density at radius 1 is 1.43 bits per heavy atom. The average molecular weight is 304 g/mol. The van der Waals surface area contributed by atoms with Crippen molar-refractivity contribution in [3.05, 3.63) is 35.4 Å².